The van der Waals surface area contributed by atoms with E-state index in [0.29, 0.717) is 44.9 Å². The predicted molar refractivity (Wildman–Crippen MR) is 254 cm³/mol. The maximum Gasteiger partial charge on any atom is 0.268 e. The summed E-state index contributed by atoms with van der Waals surface area (Å²) >= 11 is 0. The SMILES string of the molecule is [2H]c1c([2H])c([2H])c2c(c1[2H])-c1ccccc1-c1ccccc1-c1c([2H])c(-[n+]3[c-]n(-c4[c-]c(Oc5[c-]c6c(cc5)c5ccccc5n6-c5cc(C(C)(C)C)ccn5)ccc4)c4ccccc43)c([2H])c([2H])c1-2.[Pt]. The van der Waals surface area contributed by atoms with E-state index in [1.807, 2.05) is 121 Å². The zero-order valence-electron chi connectivity index (χ0n) is 41.9. The van der Waals surface area contributed by atoms with E-state index < -0.39 is 12.1 Å². The third-order valence-corrected chi connectivity index (χ3v) is 11.8. The van der Waals surface area contributed by atoms with Crippen LogP contribution >= 0.6 is 0 Å². The van der Waals surface area contributed by atoms with Gasteiger partial charge >= 0.3 is 0 Å². The minimum Gasteiger partial charge on any atom is -0.510 e. The van der Waals surface area contributed by atoms with Gasteiger partial charge in [-0.25, -0.2) is 4.98 Å². The van der Waals surface area contributed by atoms with E-state index in [4.69, 9.17) is 12.5 Å². The number of aromatic nitrogens is 4. The summed E-state index contributed by atoms with van der Waals surface area (Å²) in [5.41, 5.74) is 8.09. The molecule has 0 fully saturated rings. The van der Waals surface area contributed by atoms with Crippen molar-refractivity contribution in [3.63, 3.8) is 0 Å². The van der Waals surface area contributed by atoms with Crippen LogP contribution in [0, 0.1) is 18.5 Å². The summed E-state index contributed by atoms with van der Waals surface area (Å²) in [6.07, 6.45) is 5.26. The van der Waals surface area contributed by atoms with Gasteiger partial charge in [0.15, 0.2) is 0 Å². The van der Waals surface area contributed by atoms with Crippen molar-refractivity contribution in [2.45, 2.75) is 26.2 Å². The molecular formula is C58H40N4OPt-2. The first-order valence-electron chi connectivity index (χ1n) is 24.3. The number of para-hydroxylation sites is 3. The summed E-state index contributed by atoms with van der Waals surface area (Å²) in [6, 6.07) is 49.2. The molecule has 310 valence electrons. The molecule has 0 saturated carbocycles. The topological polar surface area (TPSA) is 35.9 Å². The molecule has 0 aliphatic heterocycles. The Balaban J connectivity index is 0.00000547. The zero-order chi connectivity index (χ0) is 48.3. The molecule has 0 atom stereocenters. The van der Waals surface area contributed by atoms with Gasteiger partial charge in [-0.1, -0.05) is 147 Å². The average molecular weight is 1010 g/mol. The van der Waals surface area contributed by atoms with E-state index in [-0.39, 0.29) is 84.6 Å². The van der Waals surface area contributed by atoms with Crippen molar-refractivity contribution in [1.82, 2.24) is 14.1 Å². The molecule has 1 aliphatic carbocycles. The number of ether oxygens (including phenoxy) is 1. The molecule has 3 aromatic heterocycles. The van der Waals surface area contributed by atoms with Gasteiger partial charge in [-0.05, 0) is 96.8 Å². The number of hydrogen-bond acceptors (Lipinski definition) is 2. The Morgan fingerprint density at radius 1 is 0.594 bits per heavy atom. The molecule has 0 spiro atoms. The smallest absolute Gasteiger partial charge is 0.268 e. The van der Waals surface area contributed by atoms with Gasteiger partial charge in [-0.2, -0.15) is 18.2 Å². The van der Waals surface area contributed by atoms with Crippen LogP contribution < -0.4 is 9.30 Å². The molecule has 0 unspecified atom stereocenters. The summed E-state index contributed by atoms with van der Waals surface area (Å²) in [5.74, 6) is 1.67. The second-order valence-electron chi connectivity index (χ2n) is 16.7. The molecule has 11 aromatic rings. The van der Waals surface area contributed by atoms with Crippen molar-refractivity contribution in [2.75, 3.05) is 0 Å². The fraction of sp³-hybridized carbons (Fsp3) is 0.0690. The predicted octanol–water partition coefficient (Wildman–Crippen LogP) is 13.9. The van der Waals surface area contributed by atoms with E-state index in [0.717, 1.165) is 38.8 Å². The van der Waals surface area contributed by atoms with Crippen molar-refractivity contribution in [3.8, 4) is 73.2 Å². The van der Waals surface area contributed by atoms with E-state index >= 15 is 0 Å². The number of pyridine rings is 1. The maximum absolute atomic E-state index is 10.1. The molecule has 12 rings (SSSR count). The van der Waals surface area contributed by atoms with Gasteiger partial charge in [-0.15, -0.1) is 29.7 Å². The summed E-state index contributed by atoms with van der Waals surface area (Å²) in [6.45, 7) is 6.55. The Bertz CT molecular complexity index is 4030. The van der Waals surface area contributed by atoms with Crippen LogP contribution in [0.2, 0.25) is 0 Å². The van der Waals surface area contributed by atoms with Crippen molar-refractivity contribution in [2.24, 2.45) is 0 Å². The van der Waals surface area contributed by atoms with Crippen LogP contribution in [0.5, 0.6) is 11.5 Å². The standard InChI is InChI=1S/C58H40N4O.Pt/c1-58(2,3)38-31-32-59-57(33-38)62-53-24-11-10-23-50(53)51-30-28-42(36-56(51)62)63-41-16-14-15-39(34-41)60-37-61(55-26-13-12-25-54(55)60)40-27-29-49-47-21-7-6-19-45(47)43-17-4-5-18-44(43)46-20-8-9-22-48(46)52(49)35-40;/h4-33,35H,1-3H3;/q-2;/i6D,7D,19D,21D,27D,29D,35D;. The monoisotopic (exact) mass is 1010 g/mol. The fourth-order valence-corrected chi connectivity index (χ4v) is 8.80. The quantitative estimate of drug-likeness (QED) is 0.127. The fourth-order valence-electron chi connectivity index (χ4n) is 8.80. The van der Waals surface area contributed by atoms with Gasteiger partial charge in [0.1, 0.15) is 5.82 Å². The van der Waals surface area contributed by atoms with Crippen LogP contribution in [0.1, 0.15) is 35.9 Å². The first kappa shape index (κ1) is 32.4. The Labute approximate surface area is 396 Å². The van der Waals surface area contributed by atoms with Gasteiger partial charge in [0.25, 0.3) is 6.33 Å². The number of fused-ring (bicyclic) bond motifs is 12. The van der Waals surface area contributed by atoms with Gasteiger partial charge < -0.3 is 13.9 Å². The molecule has 0 amide bonds. The van der Waals surface area contributed by atoms with E-state index in [1.54, 1.807) is 9.13 Å². The van der Waals surface area contributed by atoms with Crippen LogP contribution in [-0.4, -0.2) is 14.1 Å². The third-order valence-electron chi connectivity index (χ3n) is 11.8. The van der Waals surface area contributed by atoms with Gasteiger partial charge in [0, 0.05) is 44.3 Å². The van der Waals surface area contributed by atoms with Gasteiger partial charge in [-0.3, -0.25) is 4.57 Å². The molecule has 64 heavy (non-hydrogen) atoms. The van der Waals surface area contributed by atoms with Crippen LogP contribution in [-0.2, 0) is 26.5 Å². The Morgan fingerprint density at radius 2 is 1.23 bits per heavy atom. The van der Waals surface area contributed by atoms with Crippen molar-refractivity contribution >= 4 is 32.8 Å². The zero-order valence-corrected chi connectivity index (χ0v) is 37.1. The number of nitrogens with zero attached hydrogens (tertiary/aromatic N) is 4. The number of rotatable bonds is 5. The van der Waals surface area contributed by atoms with Crippen LogP contribution in [0.25, 0.3) is 94.5 Å². The third kappa shape index (κ3) is 6.50. The van der Waals surface area contributed by atoms with Crippen LogP contribution in [0.3, 0.4) is 0 Å². The molecule has 0 N–H and O–H groups in total. The second-order valence-corrected chi connectivity index (χ2v) is 16.7. The maximum atomic E-state index is 10.1. The number of hydrogen-bond donors (Lipinski definition) is 0. The molecule has 3 heterocycles. The summed E-state index contributed by atoms with van der Waals surface area (Å²) in [4.78, 5) is 4.81. The first-order chi connectivity index (χ1) is 33.8. The minimum absolute atomic E-state index is 0. The largest absolute Gasteiger partial charge is 0.510 e. The normalized spacial score (nSPS) is 13.4. The summed E-state index contributed by atoms with van der Waals surface area (Å²) in [7, 11) is 0. The van der Waals surface area contributed by atoms with Crippen molar-refractivity contribution < 1.29 is 40.0 Å². The minimum atomic E-state index is -0.461. The second kappa shape index (κ2) is 15.5. The molecular weight excluding hydrogens is 964 g/mol. The average Bonchev–Trinajstić information content (AvgIpc) is 3.91. The molecule has 0 saturated heterocycles. The molecule has 0 bridgehead atoms. The summed E-state index contributed by atoms with van der Waals surface area (Å²) < 4.78 is 77.6. The van der Waals surface area contributed by atoms with Crippen molar-refractivity contribution in [3.05, 3.63) is 212 Å². The van der Waals surface area contributed by atoms with Crippen molar-refractivity contribution in [1.29, 1.82) is 0 Å². The molecule has 6 heteroatoms. The van der Waals surface area contributed by atoms with Gasteiger partial charge in [0.05, 0.1) is 26.3 Å². The molecule has 8 aromatic carbocycles. The Morgan fingerprint density at radius 3 is 2.00 bits per heavy atom. The first-order valence-corrected chi connectivity index (χ1v) is 20.8. The van der Waals surface area contributed by atoms with Crippen LogP contribution in [0.15, 0.2) is 188 Å². The summed E-state index contributed by atoms with van der Waals surface area (Å²) in [5, 5.41) is 2.08. The Hall–Kier alpha value is -7.33. The van der Waals surface area contributed by atoms with Gasteiger partial charge in [0.2, 0.25) is 0 Å². The number of benzene rings is 8. The molecule has 5 nitrogen and oxygen atoms in total. The Kier molecular flexibility index (Phi) is 7.83. The number of imidazole rings is 1. The van der Waals surface area contributed by atoms with E-state index in [1.165, 1.54) is 0 Å². The van der Waals surface area contributed by atoms with E-state index in [2.05, 4.69) is 68.1 Å². The molecule has 1 aliphatic rings. The van der Waals surface area contributed by atoms with Crippen LogP contribution in [0.4, 0.5) is 0 Å². The molecule has 0 radical (unpaired) electrons. The van der Waals surface area contributed by atoms with E-state index in [9.17, 15) is 6.85 Å².